The molecule has 2 aromatic rings. The summed E-state index contributed by atoms with van der Waals surface area (Å²) in [7, 11) is 0. The predicted molar refractivity (Wildman–Crippen MR) is 182 cm³/mol. The van der Waals surface area contributed by atoms with Crippen molar-refractivity contribution in [1.82, 2.24) is 0 Å². The first-order valence-electron chi connectivity index (χ1n) is 16.4. The van der Waals surface area contributed by atoms with Crippen LogP contribution >= 0.6 is 0 Å². The summed E-state index contributed by atoms with van der Waals surface area (Å²) in [6.45, 7) is 8.54. The largest absolute Gasteiger partial charge is 0.494 e. The van der Waals surface area contributed by atoms with Crippen LogP contribution < -0.4 is 9.47 Å². The fourth-order valence-electron chi connectivity index (χ4n) is 4.94. The summed E-state index contributed by atoms with van der Waals surface area (Å²) in [5, 5.41) is 0. The lowest BCUT2D eigenvalue weighted by Crippen LogP contribution is -2.35. The normalized spacial score (nSPS) is 19.4. The molecule has 0 aromatic heterocycles. The number of fused-ring (bicyclic) bond motifs is 1. The molecule has 50 heavy (non-hydrogen) atoms. The topological polar surface area (TPSA) is 142 Å². The van der Waals surface area contributed by atoms with Crippen LogP contribution in [-0.2, 0) is 47.6 Å². The minimum absolute atomic E-state index is 0.124. The molecule has 4 rings (SSSR count). The van der Waals surface area contributed by atoms with Gasteiger partial charge in [-0.2, -0.15) is 0 Å². The van der Waals surface area contributed by atoms with E-state index in [1.54, 1.807) is 36.4 Å². The predicted octanol–water partition coefficient (Wildman–Crippen LogP) is 4.81. The standard InChI is InChI=1S/C38H42O12/c1-3-33(39)45-23-7-5-21-43-29-15-9-27(10-16-29)13-19-35(41)49-31-25-47-38-32(26-48-37(31)38)50-36(42)20-14-28-11-17-30(18-12-28)44-22-6-8-24-46-34(40)4-2/h3-4,9-20,31-32,37-38H,1-2,5-8,21-26H2/b19-13+,20-14+/t31-,32-,37?,38?/m1/s1. The number of rotatable bonds is 20. The molecule has 2 saturated heterocycles. The summed E-state index contributed by atoms with van der Waals surface area (Å²) in [6, 6.07) is 14.4. The molecule has 0 spiro atoms. The van der Waals surface area contributed by atoms with Gasteiger partial charge in [-0.05, 0) is 73.2 Å². The first-order chi connectivity index (χ1) is 24.3. The van der Waals surface area contributed by atoms with Crippen molar-refractivity contribution in [2.24, 2.45) is 0 Å². The molecule has 0 bridgehead atoms. The molecule has 4 atom stereocenters. The number of carbonyl (C=O) groups excluding carboxylic acids is 4. The lowest BCUT2D eigenvalue weighted by Gasteiger charge is -2.16. The Morgan fingerprint density at radius 3 is 1.34 bits per heavy atom. The SMILES string of the molecule is C=CC(=O)OCCCCOc1ccc(/C=C/C(=O)O[C@@H]2COC3C2OC[C@H]3OC(=O)/C=C/c2ccc(OCCCCOC(=O)C=C)cc2)cc1. The molecule has 266 valence electrons. The molecule has 0 amide bonds. The quantitative estimate of drug-likeness (QED) is 0.0815. The highest BCUT2D eigenvalue weighted by Gasteiger charge is 2.51. The van der Waals surface area contributed by atoms with Gasteiger partial charge in [0.05, 0.1) is 39.6 Å². The number of hydrogen-bond acceptors (Lipinski definition) is 12. The number of hydrogen-bond donors (Lipinski definition) is 0. The molecule has 2 fully saturated rings. The van der Waals surface area contributed by atoms with Gasteiger partial charge < -0.3 is 37.9 Å². The van der Waals surface area contributed by atoms with Crippen molar-refractivity contribution in [3.05, 3.63) is 97.1 Å². The highest BCUT2D eigenvalue weighted by molar-refractivity contribution is 5.88. The molecule has 0 saturated carbocycles. The van der Waals surface area contributed by atoms with Gasteiger partial charge in [0.25, 0.3) is 0 Å². The number of unbranched alkanes of at least 4 members (excludes halogenated alkanes) is 2. The van der Waals surface area contributed by atoms with Crippen molar-refractivity contribution in [2.75, 3.05) is 39.6 Å². The van der Waals surface area contributed by atoms with Crippen LogP contribution in [0.15, 0.2) is 86.0 Å². The Labute approximate surface area is 291 Å². The van der Waals surface area contributed by atoms with Crippen LogP contribution in [0.4, 0.5) is 0 Å². The smallest absolute Gasteiger partial charge is 0.331 e. The van der Waals surface area contributed by atoms with E-state index in [1.165, 1.54) is 12.2 Å². The Hall–Kier alpha value is -5.20. The average molecular weight is 691 g/mol. The van der Waals surface area contributed by atoms with Gasteiger partial charge in [-0.25, -0.2) is 19.2 Å². The van der Waals surface area contributed by atoms with Gasteiger partial charge in [-0.15, -0.1) is 0 Å². The van der Waals surface area contributed by atoms with Gasteiger partial charge >= 0.3 is 23.9 Å². The minimum Gasteiger partial charge on any atom is -0.494 e. The van der Waals surface area contributed by atoms with Gasteiger partial charge in [0.1, 0.15) is 23.7 Å². The first kappa shape index (κ1) is 37.6. The highest BCUT2D eigenvalue weighted by atomic mass is 16.7. The van der Waals surface area contributed by atoms with Crippen molar-refractivity contribution < 1.29 is 57.1 Å². The second-order valence-corrected chi connectivity index (χ2v) is 11.2. The molecule has 2 aliphatic heterocycles. The highest BCUT2D eigenvalue weighted by Crippen LogP contribution is 2.31. The minimum atomic E-state index is -0.636. The van der Waals surface area contributed by atoms with Crippen molar-refractivity contribution in [2.45, 2.75) is 50.1 Å². The van der Waals surface area contributed by atoms with E-state index in [4.69, 9.17) is 37.9 Å². The zero-order valence-corrected chi connectivity index (χ0v) is 27.8. The Bertz CT molecular complexity index is 1380. The summed E-state index contributed by atoms with van der Waals surface area (Å²) < 4.78 is 44.0. The van der Waals surface area contributed by atoms with Crippen molar-refractivity contribution in [1.29, 1.82) is 0 Å². The third-order valence-electron chi connectivity index (χ3n) is 7.52. The van der Waals surface area contributed by atoms with Crippen LogP contribution in [0.25, 0.3) is 12.2 Å². The summed E-state index contributed by atoms with van der Waals surface area (Å²) in [6.07, 6.45) is 8.64. The van der Waals surface area contributed by atoms with Gasteiger partial charge in [0.2, 0.25) is 0 Å². The van der Waals surface area contributed by atoms with E-state index < -0.39 is 48.3 Å². The van der Waals surface area contributed by atoms with Gasteiger partial charge in [0, 0.05) is 24.3 Å². The number of benzene rings is 2. The lowest BCUT2D eigenvalue weighted by atomic mass is 10.1. The molecule has 0 aliphatic carbocycles. The lowest BCUT2D eigenvalue weighted by molar-refractivity contribution is -0.149. The van der Waals surface area contributed by atoms with Crippen molar-refractivity contribution >= 4 is 36.0 Å². The van der Waals surface area contributed by atoms with E-state index >= 15 is 0 Å². The monoisotopic (exact) mass is 690 g/mol. The zero-order chi connectivity index (χ0) is 35.6. The molecule has 2 heterocycles. The maximum absolute atomic E-state index is 12.5. The van der Waals surface area contributed by atoms with Gasteiger partial charge in [-0.1, -0.05) is 37.4 Å². The van der Waals surface area contributed by atoms with Gasteiger partial charge in [0.15, 0.2) is 12.2 Å². The van der Waals surface area contributed by atoms with E-state index in [1.807, 2.05) is 24.3 Å². The van der Waals surface area contributed by atoms with Crippen LogP contribution in [0.1, 0.15) is 36.8 Å². The Kier molecular flexibility index (Phi) is 15.3. The molecule has 0 radical (unpaired) electrons. The fourth-order valence-corrected chi connectivity index (χ4v) is 4.94. The van der Waals surface area contributed by atoms with Crippen molar-refractivity contribution in [3.63, 3.8) is 0 Å². The summed E-state index contributed by atoms with van der Waals surface area (Å²) in [4.78, 5) is 47.1. The zero-order valence-electron chi connectivity index (χ0n) is 27.8. The van der Waals surface area contributed by atoms with Crippen LogP contribution in [0.3, 0.4) is 0 Å². The van der Waals surface area contributed by atoms with Crippen LogP contribution in [0, 0.1) is 0 Å². The molecule has 12 nitrogen and oxygen atoms in total. The van der Waals surface area contributed by atoms with Crippen molar-refractivity contribution in [3.8, 4) is 11.5 Å². The third kappa shape index (κ3) is 12.7. The Morgan fingerprint density at radius 2 is 0.960 bits per heavy atom. The fraction of sp³-hybridized carbons (Fsp3) is 0.368. The van der Waals surface area contributed by atoms with E-state index in [0.717, 1.165) is 36.1 Å². The third-order valence-corrected chi connectivity index (χ3v) is 7.52. The first-order valence-corrected chi connectivity index (χ1v) is 16.4. The molecule has 2 unspecified atom stereocenters. The molecule has 0 N–H and O–H groups in total. The number of esters is 4. The summed E-state index contributed by atoms with van der Waals surface area (Å²) in [5.41, 5.74) is 1.56. The van der Waals surface area contributed by atoms with Gasteiger partial charge in [-0.3, -0.25) is 0 Å². The maximum Gasteiger partial charge on any atom is 0.331 e. The molecule has 12 heteroatoms. The van der Waals surface area contributed by atoms with E-state index in [2.05, 4.69) is 13.2 Å². The van der Waals surface area contributed by atoms with Crippen LogP contribution in [0.2, 0.25) is 0 Å². The molecule has 2 aliphatic rings. The summed E-state index contributed by atoms with van der Waals surface area (Å²) in [5.74, 6) is -0.612. The van der Waals surface area contributed by atoms with E-state index in [9.17, 15) is 19.2 Å². The molecular weight excluding hydrogens is 648 g/mol. The Morgan fingerprint density at radius 1 is 0.580 bits per heavy atom. The van der Waals surface area contributed by atoms with E-state index in [-0.39, 0.29) is 13.2 Å². The van der Waals surface area contributed by atoms with Crippen LogP contribution in [-0.4, -0.2) is 87.9 Å². The summed E-state index contributed by atoms with van der Waals surface area (Å²) >= 11 is 0. The second kappa shape index (κ2) is 20.3. The number of ether oxygens (including phenoxy) is 8. The van der Waals surface area contributed by atoms with Crippen LogP contribution in [0.5, 0.6) is 11.5 Å². The van der Waals surface area contributed by atoms with E-state index in [0.29, 0.717) is 50.8 Å². The second-order valence-electron chi connectivity index (χ2n) is 11.2. The molecular formula is C38H42O12. The molecule has 2 aromatic carbocycles. The number of carbonyl (C=O) groups is 4. The average Bonchev–Trinajstić information content (AvgIpc) is 3.72. The Balaban J connectivity index is 1.12. The maximum atomic E-state index is 12.5.